The predicted octanol–water partition coefficient (Wildman–Crippen LogP) is 4.46. The number of hydrogen-bond acceptors (Lipinski definition) is 6. The van der Waals surface area contributed by atoms with Crippen molar-refractivity contribution in [2.24, 2.45) is 0 Å². The molecule has 8 nitrogen and oxygen atoms in total. The number of amides is 1. The molecule has 0 radical (unpaired) electrons. The van der Waals surface area contributed by atoms with Gasteiger partial charge in [0, 0.05) is 45.9 Å². The van der Waals surface area contributed by atoms with E-state index in [-0.39, 0.29) is 39.6 Å². The van der Waals surface area contributed by atoms with Crippen molar-refractivity contribution in [1.29, 1.82) is 0 Å². The second kappa shape index (κ2) is 11.4. The SMILES string of the molecule is CC(=O)OC1CCN(C(=O)c2sc3c(c2C)c(=O)n(CC(C)c2ccccc2)c(=O)n3CCC(F)(F)F)CC1. The van der Waals surface area contributed by atoms with E-state index in [2.05, 4.69) is 0 Å². The second-order valence-electron chi connectivity index (χ2n) is 9.86. The molecular formula is C27H30F3N3O5S. The highest BCUT2D eigenvalue weighted by atomic mass is 32.1. The average molecular weight is 566 g/mol. The van der Waals surface area contributed by atoms with Gasteiger partial charge < -0.3 is 9.64 Å². The number of alkyl halides is 3. The van der Waals surface area contributed by atoms with Gasteiger partial charge in [-0.1, -0.05) is 37.3 Å². The monoisotopic (exact) mass is 565 g/mol. The maximum atomic E-state index is 13.6. The van der Waals surface area contributed by atoms with Crippen LogP contribution in [0.1, 0.15) is 59.8 Å². The smallest absolute Gasteiger partial charge is 0.390 e. The number of aromatic nitrogens is 2. The van der Waals surface area contributed by atoms with E-state index in [0.29, 0.717) is 31.5 Å². The number of rotatable bonds is 7. The Morgan fingerprint density at radius 2 is 1.74 bits per heavy atom. The topological polar surface area (TPSA) is 90.6 Å². The molecule has 3 aromatic rings. The van der Waals surface area contributed by atoms with Crippen molar-refractivity contribution < 1.29 is 27.5 Å². The minimum atomic E-state index is -4.51. The maximum absolute atomic E-state index is 13.6. The molecule has 1 amide bonds. The van der Waals surface area contributed by atoms with E-state index in [1.54, 1.807) is 11.8 Å². The number of hydrogen-bond donors (Lipinski definition) is 0. The predicted molar refractivity (Wildman–Crippen MR) is 141 cm³/mol. The molecule has 1 atom stereocenters. The zero-order valence-electron chi connectivity index (χ0n) is 21.9. The van der Waals surface area contributed by atoms with Gasteiger partial charge in [0.1, 0.15) is 10.9 Å². The van der Waals surface area contributed by atoms with Crippen molar-refractivity contribution in [1.82, 2.24) is 14.0 Å². The fraction of sp³-hybridized carbons (Fsp3) is 0.481. The van der Waals surface area contributed by atoms with E-state index in [1.807, 2.05) is 37.3 Å². The van der Waals surface area contributed by atoms with Crippen LogP contribution < -0.4 is 11.2 Å². The Balaban J connectivity index is 1.75. The van der Waals surface area contributed by atoms with Crippen molar-refractivity contribution in [2.45, 2.75) is 71.3 Å². The number of likely N-dealkylation sites (tertiary alicyclic amines) is 1. The van der Waals surface area contributed by atoms with Gasteiger partial charge in [-0.3, -0.25) is 23.5 Å². The third-order valence-corrected chi connectivity index (χ3v) is 8.30. The number of thiophene rings is 1. The lowest BCUT2D eigenvalue weighted by Crippen LogP contribution is -2.41. The number of piperidine rings is 1. The molecule has 12 heteroatoms. The fourth-order valence-corrected chi connectivity index (χ4v) is 6.20. The van der Waals surface area contributed by atoms with Crippen LogP contribution in [0, 0.1) is 6.92 Å². The van der Waals surface area contributed by atoms with Crippen molar-refractivity contribution in [3.05, 3.63) is 67.2 Å². The highest BCUT2D eigenvalue weighted by Gasteiger charge is 2.31. The van der Waals surface area contributed by atoms with E-state index < -0.39 is 36.4 Å². The summed E-state index contributed by atoms with van der Waals surface area (Å²) in [6.45, 7) is 4.70. The highest BCUT2D eigenvalue weighted by Crippen LogP contribution is 2.31. The van der Waals surface area contributed by atoms with Crippen molar-refractivity contribution in [3.63, 3.8) is 0 Å². The minimum Gasteiger partial charge on any atom is -0.462 e. The summed E-state index contributed by atoms with van der Waals surface area (Å²) in [5.41, 5.74) is -0.237. The molecule has 0 bridgehead atoms. The highest BCUT2D eigenvalue weighted by molar-refractivity contribution is 7.20. The number of nitrogens with zero attached hydrogens (tertiary/aromatic N) is 3. The molecule has 210 valence electrons. The first-order chi connectivity index (χ1) is 18.4. The van der Waals surface area contributed by atoms with Gasteiger partial charge in [-0.2, -0.15) is 13.2 Å². The Morgan fingerprint density at radius 1 is 1.10 bits per heavy atom. The van der Waals surface area contributed by atoms with Gasteiger partial charge in [0.15, 0.2) is 0 Å². The lowest BCUT2D eigenvalue weighted by atomic mass is 10.0. The molecule has 0 saturated carbocycles. The summed E-state index contributed by atoms with van der Waals surface area (Å²) >= 11 is 0.872. The maximum Gasteiger partial charge on any atom is 0.390 e. The molecule has 39 heavy (non-hydrogen) atoms. The Kier molecular flexibility index (Phi) is 8.34. The standard InChI is InChI=1S/C27H30F3N3O5S/c1-16(19-7-5-4-6-8-19)15-33-23(35)21-17(2)22(24(36)31-12-9-20(10-13-31)38-18(3)34)39-25(21)32(26(33)37)14-11-27(28,29)30/h4-8,16,20H,9-15H2,1-3H3. The van der Waals surface area contributed by atoms with Gasteiger partial charge in [0.05, 0.1) is 16.7 Å². The Bertz CT molecular complexity index is 1480. The number of fused-ring (bicyclic) bond motifs is 1. The van der Waals surface area contributed by atoms with Gasteiger partial charge in [-0.05, 0) is 24.0 Å². The molecule has 3 heterocycles. The molecule has 1 aromatic carbocycles. The van der Waals surface area contributed by atoms with Gasteiger partial charge in [0.2, 0.25) is 0 Å². The summed E-state index contributed by atoms with van der Waals surface area (Å²) in [4.78, 5) is 53.6. The minimum absolute atomic E-state index is 0.0220. The van der Waals surface area contributed by atoms with Crippen molar-refractivity contribution in [2.75, 3.05) is 13.1 Å². The molecule has 1 aliphatic heterocycles. The number of ether oxygens (including phenoxy) is 1. The lowest BCUT2D eigenvalue weighted by molar-refractivity contribution is -0.148. The fourth-order valence-electron chi connectivity index (χ4n) is 4.91. The average Bonchev–Trinajstić information content (AvgIpc) is 3.22. The quantitative estimate of drug-likeness (QED) is 0.395. The second-order valence-corrected chi connectivity index (χ2v) is 10.9. The van der Waals surface area contributed by atoms with E-state index >= 15 is 0 Å². The first kappa shape index (κ1) is 28.6. The molecular weight excluding hydrogens is 535 g/mol. The Hall–Kier alpha value is -3.41. The number of carbonyl (C=O) groups is 2. The number of carbonyl (C=O) groups excluding carboxylic acids is 2. The third kappa shape index (κ3) is 6.26. The lowest BCUT2D eigenvalue weighted by Gasteiger charge is -2.31. The molecule has 0 aliphatic carbocycles. The van der Waals surface area contributed by atoms with Gasteiger partial charge in [-0.15, -0.1) is 11.3 Å². The van der Waals surface area contributed by atoms with Gasteiger partial charge >= 0.3 is 17.8 Å². The van der Waals surface area contributed by atoms with Crippen LogP contribution in [0.2, 0.25) is 0 Å². The molecule has 1 unspecified atom stereocenters. The van der Waals surface area contributed by atoms with E-state index in [1.165, 1.54) is 6.92 Å². The molecule has 1 aliphatic rings. The number of halogens is 3. The molecule has 4 rings (SSSR count). The van der Waals surface area contributed by atoms with Crippen LogP contribution >= 0.6 is 11.3 Å². The largest absolute Gasteiger partial charge is 0.462 e. The van der Waals surface area contributed by atoms with Crippen LogP contribution in [-0.2, 0) is 22.6 Å². The van der Waals surface area contributed by atoms with E-state index in [9.17, 15) is 32.3 Å². The summed E-state index contributed by atoms with van der Waals surface area (Å²) in [5, 5.41) is 0.0835. The van der Waals surface area contributed by atoms with Crippen LogP contribution in [0.4, 0.5) is 13.2 Å². The molecule has 0 spiro atoms. The molecule has 0 N–H and O–H groups in total. The summed E-state index contributed by atoms with van der Waals surface area (Å²) in [6.07, 6.45) is -5.15. The molecule has 2 aromatic heterocycles. The number of aryl methyl sites for hydroxylation is 2. The normalized spacial score (nSPS) is 15.5. The van der Waals surface area contributed by atoms with Crippen LogP contribution in [0.15, 0.2) is 39.9 Å². The first-order valence-corrected chi connectivity index (χ1v) is 13.5. The summed E-state index contributed by atoms with van der Waals surface area (Å²) in [5.74, 6) is -1.02. The number of esters is 1. The van der Waals surface area contributed by atoms with E-state index in [0.717, 1.165) is 26.0 Å². The van der Waals surface area contributed by atoms with Gasteiger partial charge in [-0.25, -0.2) is 4.79 Å². The summed E-state index contributed by atoms with van der Waals surface area (Å²) in [6, 6.07) is 9.21. The molecule has 1 saturated heterocycles. The van der Waals surface area contributed by atoms with Crippen LogP contribution in [-0.4, -0.2) is 51.3 Å². The third-order valence-electron chi connectivity index (χ3n) is 6.99. The zero-order chi connectivity index (χ0) is 28.5. The summed E-state index contributed by atoms with van der Waals surface area (Å²) in [7, 11) is 0. The Morgan fingerprint density at radius 3 is 2.33 bits per heavy atom. The molecule has 1 fully saturated rings. The van der Waals surface area contributed by atoms with Crippen LogP contribution in [0.25, 0.3) is 10.2 Å². The summed E-state index contributed by atoms with van der Waals surface area (Å²) < 4.78 is 46.7. The number of benzene rings is 1. The van der Waals surface area contributed by atoms with Crippen molar-refractivity contribution in [3.8, 4) is 0 Å². The zero-order valence-corrected chi connectivity index (χ0v) is 22.7. The van der Waals surface area contributed by atoms with E-state index in [4.69, 9.17) is 4.74 Å². The van der Waals surface area contributed by atoms with Crippen molar-refractivity contribution >= 4 is 33.4 Å². The Labute approximate surface area is 226 Å². The van der Waals surface area contributed by atoms with Crippen LogP contribution in [0.5, 0.6) is 0 Å². The van der Waals surface area contributed by atoms with Gasteiger partial charge in [0.25, 0.3) is 11.5 Å². The van der Waals surface area contributed by atoms with Crippen LogP contribution in [0.3, 0.4) is 0 Å². The first-order valence-electron chi connectivity index (χ1n) is 12.7.